The van der Waals surface area contributed by atoms with Gasteiger partial charge in [0.1, 0.15) is 0 Å². The average molecular weight is 274 g/mol. The molecule has 3 heteroatoms. The lowest BCUT2D eigenvalue weighted by atomic mass is 9.90. The van der Waals surface area contributed by atoms with Crippen molar-refractivity contribution in [2.45, 2.75) is 58.8 Å². The maximum atomic E-state index is 2.97. The predicted molar refractivity (Wildman–Crippen MR) is 87.4 cm³/mol. The zero-order valence-electron chi connectivity index (χ0n) is 13.8. The molecule has 0 aromatic rings. The number of rotatable bonds is 8. The van der Waals surface area contributed by atoms with Crippen LogP contribution in [-0.2, 0) is 0 Å². The van der Waals surface area contributed by atoms with E-state index in [0.29, 0.717) is 17.7 Å². The first-order valence-corrected chi connectivity index (χ1v) is 7.95. The summed E-state index contributed by atoms with van der Waals surface area (Å²) in [5, 5.41) is 0. The van der Waals surface area contributed by atoms with E-state index in [1.807, 2.05) is 0 Å². The average Bonchev–Trinajstić information content (AvgIpc) is 2.23. The SMILES string of the molecule is CC(C)C(C)CC(C)N(C)C(CN(C)C)C(C)P. The van der Waals surface area contributed by atoms with Crippen molar-refractivity contribution < 1.29 is 0 Å². The van der Waals surface area contributed by atoms with E-state index < -0.39 is 0 Å². The first kappa shape index (κ1) is 18.4. The summed E-state index contributed by atoms with van der Waals surface area (Å²) >= 11 is 0. The van der Waals surface area contributed by atoms with Crippen LogP contribution in [0.3, 0.4) is 0 Å². The molecule has 0 heterocycles. The van der Waals surface area contributed by atoms with E-state index in [-0.39, 0.29) is 0 Å². The van der Waals surface area contributed by atoms with Gasteiger partial charge in [-0.3, -0.25) is 4.90 Å². The van der Waals surface area contributed by atoms with Gasteiger partial charge in [0, 0.05) is 18.6 Å². The molecule has 2 nitrogen and oxygen atoms in total. The van der Waals surface area contributed by atoms with Crippen molar-refractivity contribution in [3.8, 4) is 0 Å². The predicted octanol–water partition coefficient (Wildman–Crippen LogP) is 3.18. The summed E-state index contributed by atoms with van der Waals surface area (Å²) in [4.78, 5) is 4.86. The summed E-state index contributed by atoms with van der Waals surface area (Å²) in [5.41, 5.74) is 0.620. The minimum Gasteiger partial charge on any atom is -0.308 e. The molecule has 110 valence electrons. The lowest BCUT2D eigenvalue weighted by Gasteiger charge is -2.38. The molecule has 5 atom stereocenters. The molecule has 0 aliphatic heterocycles. The summed E-state index contributed by atoms with van der Waals surface area (Å²) in [6.45, 7) is 12.8. The van der Waals surface area contributed by atoms with Crippen LogP contribution in [-0.4, -0.2) is 55.2 Å². The molecular formula is C15H35N2P. The normalized spacial score (nSPS) is 19.3. The monoisotopic (exact) mass is 274 g/mol. The fourth-order valence-corrected chi connectivity index (χ4v) is 2.74. The first-order chi connectivity index (χ1) is 8.16. The van der Waals surface area contributed by atoms with Gasteiger partial charge in [-0.2, -0.15) is 0 Å². The minimum absolute atomic E-state index is 0.611. The van der Waals surface area contributed by atoms with E-state index in [4.69, 9.17) is 0 Å². The third-order valence-corrected chi connectivity index (χ3v) is 4.67. The van der Waals surface area contributed by atoms with E-state index in [2.05, 4.69) is 74.8 Å². The molecule has 0 spiro atoms. The molecule has 0 aliphatic rings. The van der Waals surface area contributed by atoms with E-state index in [1.165, 1.54) is 6.42 Å². The fraction of sp³-hybridized carbons (Fsp3) is 1.00. The van der Waals surface area contributed by atoms with E-state index in [0.717, 1.165) is 18.4 Å². The largest absolute Gasteiger partial charge is 0.308 e. The van der Waals surface area contributed by atoms with Gasteiger partial charge in [0.15, 0.2) is 0 Å². The van der Waals surface area contributed by atoms with Crippen LogP contribution in [0.15, 0.2) is 0 Å². The summed E-state index contributed by atoms with van der Waals surface area (Å²) in [6.07, 6.45) is 1.29. The summed E-state index contributed by atoms with van der Waals surface area (Å²) in [5.74, 6) is 1.57. The van der Waals surface area contributed by atoms with Gasteiger partial charge in [-0.15, -0.1) is 9.24 Å². The van der Waals surface area contributed by atoms with Crippen molar-refractivity contribution >= 4 is 9.24 Å². The lowest BCUT2D eigenvalue weighted by molar-refractivity contribution is 0.129. The van der Waals surface area contributed by atoms with Crippen LogP contribution in [0.2, 0.25) is 0 Å². The van der Waals surface area contributed by atoms with Gasteiger partial charge in [0.05, 0.1) is 0 Å². The number of likely N-dealkylation sites (N-methyl/N-ethyl adjacent to an activating group) is 2. The fourth-order valence-electron chi connectivity index (χ4n) is 2.34. The summed E-state index contributed by atoms with van der Waals surface area (Å²) in [7, 11) is 9.58. The molecule has 0 aromatic carbocycles. The van der Waals surface area contributed by atoms with E-state index in [1.54, 1.807) is 0 Å². The molecule has 0 rings (SSSR count). The number of nitrogens with zero attached hydrogens (tertiary/aromatic N) is 2. The van der Waals surface area contributed by atoms with Gasteiger partial charge >= 0.3 is 0 Å². The molecule has 18 heavy (non-hydrogen) atoms. The lowest BCUT2D eigenvalue weighted by Crippen LogP contribution is -2.48. The summed E-state index contributed by atoms with van der Waals surface area (Å²) in [6, 6.07) is 1.26. The van der Waals surface area contributed by atoms with Crippen LogP contribution >= 0.6 is 9.24 Å². The third kappa shape index (κ3) is 6.50. The third-order valence-electron chi connectivity index (χ3n) is 4.23. The number of hydrogen-bond donors (Lipinski definition) is 0. The Hall–Kier alpha value is 0.350. The van der Waals surface area contributed by atoms with Crippen LogP contribution < -0.4 is 0 Å². The second-order valence-corrected chi connectivity index (χ2v) is 7.71. The zero-order chi connectivity index (χ0) is 14.5. The molecule has 5 unspecified atom stereocenters. The van der Waals surface area contributed by atoms with E-state index in [9.17, 15) is 0 Å². The first-order valence-electron chi connectivity index (χ1n) is 7.29. The van der Waals surface area contributed by atoms with Crippen molar-refractivity contribution in [2.75, 3.05) is 27.7 Å². The Labute approximate surface area is 118 Å². The molecule has 0 fully saturated rings. The molecule has 0 N–H and O–H groups in total. The van der Waals surface area contributed by atoms with Crippen LogP contribution in [0.1, 0.15) is 41.0 Å². The van der Waals surface area contributed by atoms with Crippen LogP contribution in [0.25, 0.3) is 0 Å². The molecule has 0 bridgehead atoms. The maximum Gasteiger partial charge on any atom is 0.0282 e. The highest BCUT2D eigenvalue weighted by molar-refractivity contribution is 7.17. The van der Waals surface area contributed by atoms with E-state index >= 15 is 0 Å². The molecule has 0 radical (unpaired) electrons. The second-order valence-electron chi connectivity index (χ2n) is 6.66. The van der Waals surface area contributed by atoms with Gasteiger partial charge < -0.3 is 4.90 Å². The van der Waals surface area contributed by atoms with Gasteiger partial charge in [0.2, 0.25) is 0 Å². The van der Waals surface area contributed by atoms with Crippen molar-refractivity contribution in [2.24, 2.45) is 11.8 Å². The molecule has 0 amide bonds. The van der Waals surface area contributed by atoms with Gasteiger partial charge in [-0.25, -0.2) is 0 Å². The molecule has 0 saturated carbocycles. The van der Waals surface area contributed by atoms with Crippen LogP contribution in [0, 0.1) is 11.8 Å². The Kier molecular flexibility index (Phi) is 8.67. The molecule has 0 aliphatic carbocycles. The van der Waals surface area contributed by atoms with Crippen LogP contribution in [0.5, 0.6) is 0 Å². The quantitative estimate of drug-likeness (QED) is 0.627. The van der Waals surface area contributed by atoms with Crippen molar-refractivity contribution in [1.82, 2.24) is 9.80 Å². The summed E-state index contributed by atoms with van der Waals surface area (Å²) < 4.78 is 0. The zero-order valence-corrected chi connectivity index (χ0v) is 14.9. The smallest absolute Gasteiger partial charge is 0.0282 e. The molecule has 0 saturated heterocycles. The Bertz CT molecular complexity index is 217. The van der Waals surface area contributed by atoms with Gasteiger partial charge in [-0.05, 0) is 52.0 Å². The second kappa shape index (κ2) is 8.51. The van der Waals surface area contributed by atoms with Crippen molar-refractivity contribution in [1.29, 1.82) is 0 Å². The highest BCUT2D eigenvalue weighted by atomic mass is 31.0. The topological polar surface area (TPSA) is 6.48 Å². The Balaban J connectivity index is 4.51. The Morgan fingerprint density at radius 3 is 1.78 bits per heavy atom. The highest BCUT2D eigenvalue weighted by Crippen LogP contribution is 2.22. The standard InChI is InChI=1S/C15H35N2P/c1-11(2)12(3)9-13(4)17(8)15(14(5)18)10-16(6)7/h11-15H,9-10,18H2,1-8H3. The van der Waals surface area contributed by atoms with Gasteiger partial charge in [0.25, 0.3) is 0 Å². The van der Waals surface area contributed by atoms with Crippen molar-refractivity contribution in [3.63, 3.8) is 0 Å². The van der Waals surface area contributed by atoms with Crippen LogP contribution in [0.4, 0.5) is 0 Å². The molecular weight excluding hydrogens is 239 g/mol. The van der Waals surface area contributed by atoms with Gasteiger partial charge in [-0.1, -0.05) is 27.7 Å². The maximum absolute atomic E-state index is 2.97. The Morgan fingerprint density at radius 1 is 0.944 bits per heavy atom. The highest BCUT2D eigenvalue weighted by Gasteiger charge is 2.25. The Morgan fingerprint density at radius 2 is 1.44 bits per heavy atom. The molecule has 0 aromatic heterocycles. The minimum atomic E-state index is 0.611. The number of hydrogen-bond acceptors (Lipinski definition) is 2. The van der Waals surface area contributed by atoms with Crippen molar-refractivity contribution in [3.05, 3.63) is 0 Å².